The molecule has 3 aromatic rings. The lowest BCUT2D eigenvalue weighted by Crippen LogP contribution is -2.08. The molecule has 0 unspecified atom stereocenters. The molecule has 3 aromatic carbocycles. The first-order valence-electron chi connectivity index (χ1n) is 14.9. The zero-order valence-electron chi connectivity index (χ0n) is 26.7. The molecule has 0 aromatic heterocycles. The summed E-state index contributed by atoms with van der Waals surface area (Å²) in [4.78, 5) is 0. The maximum atomic E-state index is 2.42. The Hall–Kier alpha value is -2.34. The summed E-state index contributed by atoms with van der Waals surface area (Å²) in [5, 5.41) is 0. The summed E-state index contributed by atoms with van der Waals surface area (Å²) in [7, 11) is 0. The summed E-state index contributed by atoms with van der Waals surface area (Å²) in [5.74, 6) is 0.653. The van der Waals surface area contributed by atoms with Crippen molar-refractivity contribution in [3.05, 3.63) is 106 Å². The van der Waals surface area contributed by atoms with Crippen molar-refractivity contribution in [1.82, 2.24) is 0 Å². The molecule has 210 valence electrons. The van der Waals surface area contributed by atoms with E-state index >= 15 is 0 Å². The zero-order valence-corrected chi connectivity index (χ0v) is 26.7. The van der Waals surface area contributed by atoms with Crippen molar-refractivity contribution in [2.24, 2.45) is 10.8 Å². The first-order chi connectivity index (χ1) is 17.7. The van der Waals surface area contributed by atoms with E-state index in [0.717, 1.165) is 11.8 Å². The first-order valence-corrected chi connectivity index (χ1v) is 14.9. The van der Waals surface area contributed by atoms with Gasteiger partial charge in [0.05, 0.1) is 0 Å². The monoisotopic (exact) mass is 514 g/mol. The van der Waals surface area contributed by atoms with Crippen LogP contribution in [0.3, 0.4) is 0 Å². The van der Waals surface area contributed by atoms with Gasteiger partial charge in [-0.25, -0.2) is 0 Å². The number of benzene rings is 3. The lowest BCUT2D eigenvalue weighted by molar-refractivity contribution is 0.323. The molecule has 0 aliphatic heterocycles. The molecule has 1 aliphatic rings. The van der Waals surface area contributed by atoms with Gasteiger partial charge in [-0.05, 0) is 74.8 Å². The van der Waals surface area contributed by atoms with Crippen LogP contribution in [0.25, 0.3) is 0 Å². The van der Waals surface area contributed by atoms with E-state index in [2.05, 4.69) is 149 Å². The molecule has 38 heavy (non-hydrogen) atoms. The highest BCUT2D eigenvalue weighted by molar-refractivity contribution is 5.24. The molecule has 1 aliphatic carbocycles. The molecule has 0 amide bonds. The maximum absolute atomic E-state index is 2.42. The summed E-state index contributed by atoms with van der Waals surface area (Å²) in [6.07, 6.45) is 8.45. The molecule has 0 radical (unpaired) electrons. The van der Waals surface area contributed by atoms with Gasteiger partial charge in [0.25, 0.3) is 0 Å². The van der Waals surface area contributed by atoms with E-state index in [4.69, 9.17) is 0 Å². The Kier molecular flexibility index (Phi) is 14.7. The van der Waals surface area contributed by atoms with Crippen molar-refractivity contribution >= 4 is 0 Å². The lowest BCUT2D eigenvalue weighted by Gasteiger charge is -2.19. The molecule has 0 N–H and O–H groups in total. The summed E-state index contributed by atoms with van der Waals surface area (Å²) in [6, 6.07) is 26.0. The van der Waals surface area contributed by atoms with Crippen molar-refractivity contribution in [2.45, 2.75) is 121 Å². The van der Waals surface area contributed by atoms with Crippen LogP contribution >= 0.6 is 0 Å². The Morgan fingerprint density at radius 1 is 0.632 bits per heavy atom. The van der Waals surface area contributed by atoms with Gasteiger partial charge in [-0.3, -0.25) is 0 Å². The summed E-state index contributed by atoms with van der Waals surface area (Å²) < 4.78 is 0. The second-order valence-corrected chi connectivity index (χ2v) is 13.3. The Morgan fingerprint density at radius 2 is 0.974 bits per heavy atom. The molecule has 0 nitrogen and oxygen atoms in total. The normalized spacial score (nSPS) is 13.9. The molecular formula is C38H58. The van der Waals surface area contributed by atoms with Gasteiger partial charge in [0, 0.05) is 0 Å². The van der Waals surface area contributed by atoms with Crippen molar-refractivity contribution in [2.75, 3.05) is 0 Å². The minimum absolute atomic E-state index is 0.398. The quantitative estimate of drug-likeness (QED) is 0.326. The standard InChI is InChI=1S/C12H18.C10H14.C8H10.C8H16/c1-10-5-7-11(8-6-10)9-12(2,3)4;1-8(2)10-6-4-9(3)5-7-10;1-7-3-5-8(2)6-4-7;1-3-8(2)6-4-5-7-8/h5-8H,9H2,1-4H3;4-8H,1-3H3;3-6H,1-2H3;3-7H2,1-2H3. The third-order valence-corrected chi connectivity index (χ3v) is 7.48. The van der Waals surface area contributed by atoms with Gasteiger partial charge in [0.2, 0.25) is 0 Å². The molecule has 1 fully saturated rings. The van der Waals surface area contributed by atoms with E-state index < -0.39 is 0 Å². The van der Waals surface area contributed by atoms with Gasteiger partial charge in [0.1, 0.15) is 0 Å². The van der Waals surface area contributed by atoms with Gasteiger partial charge >= 0.3 is 0 Å². The van der Waals surface area contributed by atoms with E-state index in [1.165, 1.54) is 65.5 Å². The Bertz CT molecular complexity index is 969. The Morgan fingerprint density at radius 3 is 1.26 bits per heavy atom. The highest BCUT2D eigenvalue weighted by Gasteiger charge is 2.25. The van der Waals surface area contributed by atoms with E-state index in [0.29, 0.717) is 11.3 Å². The lowest BCUT2D eigenvalue weighted by atomic mass is 9.86. The molecule has 0 heteroatoms. The topological polar surface area (TPSA) is 0 Å². The van der Waals surface area contributed by atoms with Crippen LogP contribution in [0.5, 0.6) is 0 Å². The number of aryl methyl sites for hydroxylation is 4. The molecule has 0 atom stereocenters. The van der Waals surface area contributed by atoms with Crippen LogP contribution in [0.2, 0.25) is 0 Å². The smallest absolute Gasteiger partial charge is 0.0219 e. The number of hydrogen-bond acceptors (Lipinski definition) is 0. The number of hydrogen-bond donors (Lipinski definition) is 0. The van der Waals surface area contributed by atoms with E-state index in [-0.39, 0.29) is 0 Å². The molecule has 0 saturated heterocycles. The predicted octanol–water partition coefficient (Wildman–Crippen LogP) is 12.0. The van der Waals surface area contributed by atoms with E-state index in [1.807, 2.05) is 0 Å². The van der Waals surface area contributed by atoms with Crippen LogP contribution in [-0.2, 0) is 6.42 Å². The van der Waals surface area contributed by atoms with Crippen LogP contribution in [0.4, 0.5) is 0 Å². The second kappa shape index (κ2) is 16.6. The SMILES string of the molecule is CCC1(C)CCCC1.Cc1ccc(C(C)C)cc1.Cc1ccc(C)cc1.Cc1ccc(CC(C)(C)C)cc1. The van der Waals surface area contributed by atoms with Gasteiger partial charge in [-0.15, -0.1) is 0 Å². The second-order valence-electron chi connectivity index (χ2n) is 13.3. The van der Waals surface area contributed by atoms with Gasteiger partial charge < -0.3 is 0 Å². The van der Waals surface area contributed by atoms with Gasteiger partial charge in [0.15, 0.2) is 0 Å². The fraction of sp³-hybridized carbons (Fsp3) is 0.526. The van der Waals surface area contributed by atoms with Crippen LogP contribution in [0.1, 0.15) is 120 Å². The Labute approximate surface area is 237 Å². The van der Waals surface area contributed by atoms with Crippen LogP contribution in [0.15, 0.2) is 72.8 Å². The third-order valence-electron chi connectivity index (χ3n) is 7.48. The average Bonchev–Trinajstić information content (AvgIpc) is 3.30. The van der Waals surface area contributed by atoms with Crippen LogP contribution in [0, 0.1) is 38.5 Å². The molecule has 4 rings (SSSR count). The number of rotatable bonds is 3. The van der Waals surface area contributed by atoms with Crippen LogP contribution in [-0.4, -0.2) is 0 Å². The fourth-order valence-corrected chi connectivity index (χ4v) is 4.49. The van der Waals surface area contributed by atoms with E-state index in [9.17, 15) is 0 Å². The molecule has 0 spiro atoms. The summed E-state index contributed by atoms with van der Waals surface area (Å²) in [6.45, 7) is 24.4. The van der Waals surface area contributed by atoms with Crippen molar-refractivity contribution in [3.63, 3.8) is 0 Å². The Balaban J connectivity index is 0.000000257. The van der Waals surface area contributed by atoms with Crippen LogP contribution < -0.4 is 0 Å². The largest absolute Gasteiger partial charge is 0.0649 e. The fourth-order valence-electron chi connectivity index (χ4n) is 4.49. The molecular weight excluding hydrogens is 456 g/mol. The van der Waals surface area contributed by atoms with Crippen molar-refractivity contribution < 1.29 is 0 Å². The molecule has 0 bridgehead atoms. The van der Waals surface area contributed by atoms with E-state index in [1.54, 1.807) is 0 Å². The van der Waals surface area contributed by atoms with Crippen molar-refractivity contribution in [3.8, 4) is 0 Å². The summed E-state index contributed by atoms with van der Waals surface area (Å²) in [5.41, 5.74) is 9.33. The van der Waals surface area contributed by atoms with Crippen molar-refractivity contribution in [1.29, 1.82) is 0 Å². The molecule has 1 saturated carbocycles. The minimum atomic E-state index is 0.398. The zero-order chi connectivity index (χ0) is 28.8. The minimum Gasteiger partial charge on any atom is -0.0649 e. The average molecular weight is 515 g/mol. The maximum Gasteiger partial charge on any atom is -0.0219 e. The third kappa shape index (κ3) is 15.2. The van der Waals surface area contributed by atoms with Gasteiger partial charge in [-0.1, -0.05) is 163 Å². The predicted molar refractivity (Wildman–Crippen MR) is 172 cm³/mol. The molecule has 0 heterocycles. The summed E-state index contributed by atoms with van der Waals surface area (Å²) >= 11 is 0. The highest BCUT2D eigenvalue weighted by Crippen LogP contribution is 2.39. The first kappa shape index (κ1) is 33.7. The highest BCUT2D eigenvalue weighted by atomic mass is 14.3. The van der Waals surface area contributed by atoms with Gasteiger partial charge in [-0.2, -0.15) is 0 Å².